The molecule has 2 aromatic carbocycles. The summed E-state index contributed by atoms with van der Waals surface area (Å²) in [6.45, 7) is 7.60. The van der Waals surface area contributed by atoms with Crippen LogP contribution in [-0.4, -0.2) is 10.8 Å². The number of nitro benzene ring substituents is 1. The zero-order valence-corrected chi connectivity index (χ0v) is 14.2. The third-order valence-electron chi connectivity index (χ3n) is 4.39. The van der Waals surface area contributed by atoms with Gasteiger partial charge >= 0.3 is 0 Å². The van der Waals surface area contributed by atoms with E-state index in [4.69, 9.17) is 0 Å². The molecule has 0 aliphatic heterocycles. The maximum atomic E-state index is 12.3. The zero-order chi connectivity index (χ0) is 18.4. The molecule has 0 fully saturated rings. The number of hydrogen-bond acceptors (Lipinski definition) is 4. The van der Waals surface area contributed by atoms with E-state index in [-0.39, 0.29) is 17.5 Å². The Labute approximate surface area is 146 Å². The van der Waals surface area contributed by atoms with Gasteiger partial charge in [-0.15, -0.1) is 6.58 Å². The summed E-state index contributed by atoms with van der Waals surface area (Å²) in [7, 11) is 0. The first-order chi connectivity index (χ1) is 11.9. The fourth-order valence-corrected chi connectivity index (χ4v) is 2.48. The van der Waals surface area contributed by atoms with Crippen molar-refractivity contribution in [1.29, 1.82) is 0 Å². The van der Waals surface area contributed by atoms with E-state index < -0.39 is 10.5 Å². The van der Waals surface area contributed by atoms with Crippen LogP contribution in [0.2, 0.25) is 0 Å². The topological polar surface area (TPSA) is 84.3 Å². The lowest BCUT2D eigenvalue weighted by Crippen LogP contribution is -2.53. The lowest BCUT2D eigenvalue weighted by atomic mass is 9.81. The van der Waals surface area contributed by atoms with E-state index >= 15 is 0 Å². The molecule has 0 saturated carbocycles. The molecule has 2 atom stereocenters. The van der Waals surface area contributed by atoms with Crippen molar-refractivity contribution in [3.05, 3.63) is 88.5 Å². The third-order valence-corrected chi connectivity index (χ3v) is 4.39. The molecule has 130 valence electrons. The Morgan fingerprint density at radius 3 is 2.52 bits per heavy atom. The van der Waals surface area contributed by atoms with Gasteiger partial charge in [-0.05, 0) is 30.5 Å². The van der Waals surface area contributed by atoms with Gasteiger partial charge in [0, 0.05) is 17.7 Å². The molecular formula is C19H21N3O3. The van der Waals surface area contributed by atoms with Crippen LogP contribution in [0.25, 0.3) is 0 Å². The summed E-state index contributed by atoms with van der Waals surface area (Å²) in [6.07, 6.45) is 1.74. The molecule has 0 bridgehead atoms. The average Bonchev–Trinajstić information content (AvgIpc) is 2.65. The number of non-ortho nitro benzene ring substituents is 1. The fraction of sp³-hybridized carbons (Fsp3) is 0.211. The Bertz CT molecular complexity index is 776. The molecule has 0 aliphatic rings. The standard InChI is InChI=1S/C19H21N3O3/c1-4-14(2)19(3,16-11-8-12-17(13-16)22(24)25)21-20-18(23)15-9-6-5-7-10-15/h4-14,21H,1H2,2-3H3,(H,20,23)/t14-,19-/m1/s1. The normalized spacial score (nSPS) is 14.2. The highest BCUT2D eigenvalue weighted by atomic mass is 16.6. The maximum absolute atomic E-state index is 12.3. The molecule has 1 amide bonds. The van der Waals surface area contributed by atoms with Gasteiger partial charge in [0.1, 0.15) is 0 Å². The van der Waals surface area contributed by atoms with Gasteiger partial charge < -0.3 is 0 Å². The molecule has 0 unspecified atom stereocenters. The van der Waals surface area contributed by atoms with Crippen LogP contribution in [0.15, 0.2) is 67.3 Å². The summed E-state index contributed by atoms with van der Waals surface area (Å²) in [5.74, 6) is -0.390. The van der Waals surface area contributed by atoms with Gasteiger partial charge in [-0.2, -0.15) is 0 Å². The van der Waals surface area contributed by atoms with Crippen molar-refractivity contribution in [3.63, 3.8) is 0 Å². The number of carbonyl (C=O) groups is 1. The first kappa shape index (κ1) is 18.4. The largest absolute Gasteiger partial charge is 0.287 e. The molecule has 2 aromatic rings. The second-order valence-corrected chi connectivity index (χ2v) is 5.98. The van der Waals surface area contributed by atoms with E-state index in [1.165, 1.54) is 12.1 Å². The number of nitrogens with zero attached hydrogens (tertiary/aromatic N) is 1. The highest BCUT2D eigenvalue weighted by Crippen LogP contribution is 2.31. The summed E-state index contributed by atoms with van der Waals surface area (Å²) < 4.78 is 0. The first-order valence-electron chi connectivity index (χ1n) is 7.88. The van der Waals surface area contributed by atoms with Gasteiger partial charge in [0.05, 0.1) is 10.5 Å². The number of rotatable bonds is 7. The maximum Gasteiger partial charge on any atom is 0.269 e. The minimum absolute atomic E-state index is 0.00354. The van der Waals surface area contributed by atoms with Gasteiger partial charge in [-0.1, -0.05) is 43.3 Å². The first-order valence-corrected chi connectivity index (χ1v) is 7.88. The molecule has 2 N–H and O–H groups in total. The number of amides is 1. The SMILES string of the molecule is C=C[C@@H](C)[C@@](C)(NNC(=O)c1ccccc1)c1cccc([N+](=O)[O-])c1. The van der Waals surface area contributed by atoms with Gasteiger partial charge in [0.2, 0.25) is 0 Å². The molecular weight excluding hydrogens is 318 g/mol. The van der Waals surface area contributed by atoms with E-state index in [0.717, 1.165) is 0 Å². The number of carbonyl (C=O) groups excluding carboxylic acids is 1. The lowest BCUT2D eigenvalue weighted by molar-refractivity contribution is -0.385. The van der Waals surface area contributed by atoms with E-state index in [1.807, 2.05) is 19.9 Å². The Morgan fingerprint density at radius 1 is 1.24 bits per heavy atom. The van der Waals surface area contributed by atoms with Crippen LogP contribution >= 0.6 is 0 Å². The monoisotopic (exact) mass is 339 g/mol. The Hall–Kier alpha value is -2.99. The number of benzene rings is 2. The van der Waals surface area contributed by atoms with Crippen LogP contribution in [0.3, 0.4) is 0 Å². The number of nitro groups is 1. The van der Waals surface area contributed by atoms with Crippen LogP contribution in [0.1, 0.15) is 29.8 Å². The summed E-state index contributed by atoms with van der Waals surface area (Å²) >= 11 is 0. The fourth-order valence-electron chi connectivity index (χ4n) is 2.48. The number of nitrogens with one attached hydrogen (secondary N) is 2. The third kappa shape index (κ3) is 4.10. The van der Waals surface area contributed by atoms with E-state index in [9.17, 15) is 14.9 Å². The van der Waals surface area contributed by atoms with Crippen LogP contribution in [0.4, 0.5) is 5.69 Å². The van der Waals surface area contributed by atoms with Crippen LogP contribution in [0.5, 0.6) is 0 Å². The smallest absolute Gasteiger partial charge is 0.269 e. The van der Waals surface area contributed by atoms with Crippen molar-refractivity contribution < 1.29 is 9.72 Å². The second-order valence-electron chi connectivity index (χ2n) is 5.98. The molecule has 0 aliphatic carbocycles. The quantitative estimate of drug-likeness (QED) is 0.459. The van der Waals surface area contributed by atoms with Crippen LogP contribution in [-0.2, 0) is 5.54 Å². The van der Waals surface area contributed by atoms with Crippen LogP contribution < -0.4 is 10.9 Å². The van der Waals surface area contributed by atoms with Gasteiger partial charge in [-0.25, -0.2) is 5.43 Å². The highest BCUT2D eigenvalue weighted by molar-refractivity contribution is 5.93. The molecule has 6 nitrogen and oxygen atoms in total. The highest BCUT2D eigenvalue weighted by Gasteiger charge is 2.33. The molecule has 0 radical (unpaired) electrons. The lowest BCUT2D eigenvalue weighted by Gasteiger charge is -2.35. The van der Waals surface area contributed by atoms with Crippen molar-refractivity contribution >= 4 is 11.6 Å². The van der Waals surface area contributed by atoms with Crippen molar-refractivity contribution in [2.75, 3.05) is 0 Å². The minimum Gasteiger partial charge on any atom is -0.287 e. The molecule has 2 rings (SSSR count). The van der Waals surface area contributed by atoms with Gasteiger partial charge in [0.15, 0.2) is 0 Å². The molecule has 0 aromatic heterocycles. The van der Waals surface area contributed by atoms with Gasteiger partial charge in [-0.3, -0.25) is 20.3 Å². The molecule has 25 heavy (non-hydrogen) atoms. The summed E-state index contributed by atoms with van der Waals surface area (Å²) in [5.41, 5.74) is 6.16. The zero-order valence-electron chi connectivity index (χ0n) is 14.2. The molecule has 0 spiro atoms. The van der Waals surface area contributed by atoms with Crippen molar-refractivity contribution in [2.24, 2.45) is 5.92 Å². The Kier molecular flexibility index (Phi) is 5.67. The van der Waals surface area contributed by atoms with Crippen molar-refractivity contribution in [1.82, 2.24) is 10.9 Å². The summed E-state index contributed by atoms with van der Waals surface area (Å²) in [6, 6.07) is 15.2. The predicted octanol–water partition coefficient (Wildman–Crippen LogP) is 3.57. The molecule has 6 heteroatoms. The van der Waals surface area contributed by atoms with E-state index in [0.29, 0.717) is 11.1 Å². The average molecular weight is 339 g/mol. The molecule has 0 saturated heterocycles. The number of hydrazine groups is 1. The van der Waals surface area contributed by atoms with Crippen molar-refractivity contribution in [3.8, 4) is 0 Å². The van der Waals surface area contributed by atoms with E-state index in [1.54, 1.807) is 42.5 Å². The van der Waals surface area contributed by atoms with Gasteiger partial charge in [0.25, 0.3) is 11.6 Å². The predicted molar refractivity (Wildman–Crippen MR) is 96.9 cm³/mol. The summed E-state index contributed by atoms with van der Waals surface area (Å²) in [5, 5.41) is 11.1. The Balaban J connectivity index is 2.29. The minimum atomic E-state index is -0.766. The molecule has 0 heterocycles. The van der Waals surface area contributed by atoms with E-state index in [2.05, 4.69) is 17.4 Å². The second kappa shape index (κ2) is 7.72. The van der Waals surface area contributed by atoms with Crippen molar-refractivity contribution in [2.45, 2.75) is 19.4 Å². The summed E-state index contributed by atoms with van der Waals surface area (Å²) in [4.78, 5) is 22.9. The number of hydrogen-bond donors (Lipinski definition) is 2. The van der Waals surface area contributed by atoms with Crippen LogP contribution in [0, 0.1) is 16.0 Å². The Morgan fingerprint density at radius 2 is 1.92 bits per heavy atom.